The molecule has 0 aromatic heterocycles. The van der Waals surface area contributed by atoms with Gasteiger partial charge in [0.1, 0.15) is 0 Å². The molecule has 0 bridgehead atoms. The van der Waals surface area contributed by atoms with Crippen LogP contribution in [-0.2, 0) is 10.0 Å². The fraction of sp³-hybridized carbons (Fsp3) is 0.250. The quantitative estimate of drug-likeness (QED) is 0.231. The molecule has 11 heteroatoms. The Bertz CT molecular complexity index is 1400. The number of halogens is 2. The molecule has 1 aliphatic carbocycles. The van der Waals surface area contributed by atoms with Crippen LogP contribution in [0.4, 0.5) is 11.4 Å². The Morgan fingerprint density at radius 3 is 2.49 bits per heavy atom. The summed E-state index contributed by atoms with van der Waals surface area (Å²) in [5, 5.41) is 20.6. The highest BCUT2D eigenvalue weighted by atomic mass is 35.5. The molecular weight excluding hydrogens is 529 g/mol. The average Bonchev–Trinajstić information content (AvgIpc) is 3.14. The summed E-state index contributed by atoms with van der Waals surface area (Å²) in [5.41, 5.74) is 2.66. The number of para-hydroxylation sites is 1. The zero-order valence-electron chi connectivity index (χ0n) is 18.2. The minimum Gasteiger partial charge on any atom is -0.378 e. The minimum atomic E-state index is -3.90. The molecule has 3 N–H and O–H groups in total. The van der Waals surface area contributed by atoms with E-state index in [1.165, 1.54) is 23.9 Å². The van der Waals surface area contributed by atoms with Gasteiger partial charge in [0.15, 0.2) is 0 Å². The smallest absolute Gasteiger partial charge is 0.282 e. The van der Waals surface area contributed by atoms with E-state index in [-0.39, 0.29) is 38.6 Å². The summed E-state index contributed by atoms with van der Waals surface area (Å²) >= 11 is 14.6. The summed E-state index contributed by atoms with van der Waals surface area (Å²) in [6, 6.07) is 18.9. The van der Waals surface area contributed by atoms with Crippen LogP contribution in [-0.4, -0.2) is 24.0 Å². The fourth-order valence-corrected chi connectivity index (χ4v) is 7.76. The minimum absolute atomic E-state index is 0.0159. The van der Waals surface area contributed by atoms with E-state index < -0.39 is 15.4 Å². The van der Waals surface area contributed by atoms with Gasteiger partial charge in [0, 0.05) is 27.9 Å². The number of hydrogen-bond donors (Lipinski definition) is 2. The number of nitro benzene ring substituents is 1. The normalized spacial score (nSPS) is 25.4. The number of thioether (sulfide) groups is 1. The number of nitrogens with zero attached hydrogens (tertiary/aromatic N) is 1. The number of alkyl halides is 1. The molecule has 0 saturated heterocycles. The van der Waals surface area contributed by atoms with Crippen molar-refractivity contribution in [2.24, 2.45) is 11.1 Å². The van der Waals surface area contributed by atoms with Gasteiger partial charge < -0.3 is 5.32 Å². The van der Waals surface area contributed by atoms with Gasteiger partial charge in [0.25, 0.3) is 5.69 Å². The van der Waals surface area contributed by atoms with Crippen LogP contribution in [0.5, 0.6) is 0 Å². The second-order valence-electron chi connectivity index (χ2n) is 8.72. The Kier molecular flexibility index (Phi) is 6.48. The lowest BCUT2D eigenvalue weighted by Gasteiger charge is -2.38. The average molecular weight is 550 g/mol. The molecular formula is C24H21Cl2N3O4S2. The SMILES string of the molecule is NS(=O)(=O)c1ccc2c(c1)[C@@H]1[C@H](Cl)[C@@H](Sc3ccccc3[N+](=O)[O-])C[C@@H]1[C@H](c1ccc(Cl)cc1)N2. The molecule has 35 heavy (non-hydrogen) atoms. The second-order valence-corrected chi connectivity index (χ2v) is 12.5. The first-order valence-electron chi connectivity index (χ1n) is 10.9. The highest BCUT2D eigenvalue weighted by Gasteiger charge is 2.50. The number of sulfonamides is 1. The van der Waals surface area contributed by atoms with Crippen LogP contribution in [0.3, 0.4) is 0 Å². The first-order valence-corrected chi connectivity index (χ1v) is 14.1. The fourth-order valence-electron chi connectivity index (χ4n) is 5.14. The largest absolute Gasteiger partial charge is 0.378 e. The zero-order valence-corrected chi connectivity index (χ0v) is 21.3. The third-order valence-electron chi connectivity index (χ3n) is 6.68. The van der Waals surface area contributed by atoms with Gasteiger partial charge in [-0.05, 0) is 59.9 Å². The van der Waals surface area contributed by atoms with Gasteiger partial charge in [-0.2, -0.15) is 0 Å². The number of nitrogens with two attached hydrogens (primary N) is 1. The molecule has 1 aliphatic heterocycles. The van der Waals surface area contributed by atoms with Crippen molar-refractivity contribution in [2.75, 3.05) is 5.32 Å². The van der Waals surface area contributed by atoms with E-state index in [1.54, 1.807) is 30.3 Å². The van der Waals surface area contributed by atoms with Gasteiger partial charge in [0.05, 0.1) is 26.1 Å². The summed E-state index contributed by atoms with van der Waals surface area (Å²) in [7, 11) is -3.90. The number of hydrogen-bond acceptors (Lipinski definition) is 6. The summed E-state index contributed by atoms with van der Waals surface area (Å²) < 4.78 is 24.1. The van der Waals surface area contributed by atoms with Crippen molar-refractivity contribution < 1.29 is 13.3 Å². The molecule has 0 spiro atoms. The van der Waals surface area contributed by atoms with Crippen LogP contribution in [0.2, 0.25) is 5.02 Å². The first kappa shape index (κ1) is 24.4. The number of rotatable bonds is 5. The predicted molar refractivity (Wildman–Crippen MR) is 139 cm³/mol. The summed E-state index contributed by atoms with van der Waals surface area (Å²) in [6.07, 6.45) is 0.675. The van der Waals surface area contributed by atoms with E-state index >= 15 is 0 Å². The van der Waals surface area contributed by atoms with Gasteiger partial charge in [-0.1, -0.05) is 35.9 Å². The van der Waals surface area contributed by atoms with Crippen molar-refractivity contribution in [3.8, 4) is 0 Å². The lowest BCUT2D eigenvalue weighted by Crippen LogP contribution is -2.31. The van der Waals surface area contributed by atoms with Crippen molar-refractivity contribution >= 4 is 56.4 Å². The number of nitro groups is 1. The van der Waals surface area contributed by atoms with Crippen LogP contribution < -0.4 is 10.5 Å². The first-order chi connectivity index (χ1) is 16.6. The highest BCUT2D eigenvalue weighted by molar-refractivity contribution is 8.00. The number of anilines is 1. The predicted octanol–water partition coefficient (Wildman–Crippen LogP) is 5.93. The van der Waals surface area contributed by atoms with Gasteiger partial charge in [-0.15, -0.1) is 23.4 Å². The Hall–Kier alpha value is -2.30. The van der Waals surface area contributed by atoms with Crippen LogP contribution >= 0.6 is 35.0 Å². The Labute approximate surface area is 217 Å². The number of primary sulfonamides is 1. The Balaban J connectivity index is 1.57. The van der Waals surface area contributed by atoms with Gasteiger partial charge in [-0.25, -0.2) is 13.6 Å². The van der Waals surface area contributed by atoms with Crippen molar-refractivity contribution in [2.45, 2.75) is 38.8 Å². The van der Waals surface area contributed by atoms with Crippen LogP contribution in [0.25, 0.3) is 0 Å². The van der Waals surface area contributed by atoms with E-state index in [2.05, 4.69) is 5.32 Å². The summed E-state index contributed by atoms with van der Waals surface area (Å²) in [5.74, 6) is -0.169. The molecule has 5 atom stereocenters. The maximum atomic E-state index is 12.1. The third kappa shape index (κ3) is 4.63. The molecule has 0 radical (unpaired) electrons. The standard InChI is InChI=1S/C24H21Cl2N3O4S2/c25-14-7-5-13(6-8-14)24-17-12-21(34-20-4-2-1-3-19(20)29(30)31)23(26)22(17)16-11-15(35(27,32)33)9-10-18(16)28-24/h1-11,17,21-24,28H,12H2,(H2,27,32,33)/t17-,21-,22-,23+,24-/m0/s1. The molecule has 182 valence electrons. The maximum Gasteiger partial charge on any atom is 0.282 e. The Morgan fingerprint density at radius 1 is 1.09 bits per heavy atom. The molecule has 3 aromatic carbocycles. The van der Waals surface area contributed by atoms with E-state index in [4.69, 9.17) is 28.3 Å². The van der Waals surface area contributed by atoms with E-state index in [0.29, 0.717) is 16.3 Å². The molecule has 0 amide bonds. The molecule has 1 saturated carbocycles. The molecule has 2 aliphatic rings. The van der Waals surface area contributed by atoms with Crippen LogP contribution in [0.15, 0.2) is 76.5 Å². The van der Waals surface area contributed by atoms with Crippen molar-refractivity contribution in [1.82, 2.24) is 0 Å². The van der Waals surface area contributed by atoms with Gasteiger partial charge in [-0.3, -0.25) is 10.1 Å². The van der Waals surface area contributed by atoms with E-state index in [0.717, 1.165) is 16.8 Å². The lowest BCUT2D eigenvalue weighted by molar-refractivity contribution is -0.387. The number of benzene rings is 3. The van der Waals surface area contributed by atoms with Gasteiger partial charge in [0.2, 0.25) is 10.0 Å². The number of fused-ring (bicyclic) bond motifs is 3. The monoisotopic (exact) mass is 549 g/mol. The van der Waals surface area contributed by atoms with E-state index in [1.807, 2.05) is 24.3 Å². The molecule has 7 nitrogen and oxygen atoms in total. The third-order valence-corrected chi connectivity index (χ3v) is 9.96. The molecule has 3 aromatic rings. The second kappa shape index (κ2) is 9.29. The topological polar surface area (TPSA) is 115 Å². The summed E-state index contributed by atoms with van der Waals surface area (Å²) in [6.45, 7) is 0. The Morgan fingerprint density at radius 2 is 1.80 bits per heavy atom. The van der Waals surface area contributed by atoms with Crippen molar-refractivity contribution in [3.05, 3.63) is 93.0 Å². The number of nitrogens with one attached hydrogen (secondary N) is 1. The highest BCUT2D eigenvalue weighted by Crippen LogP contribution is 2.58. The molecule has 0 unspecified atom stereocenters. The molecule has 5 rings (SSSR count). The summed E-state index contributed by atoms with van der Waals surface area (Å²) in [4.78, 5) is 11.8. The zero-order chi connectivity index (χ0) is 24.9. The van der Waals surface area contributed by atoms with Crippen molar-refractivity contribution in [3.63, 3.8) is 0 Å². The molecule has 1 heterocycles. The van der Waals surface area contributed by atoms with Crippen molar-refractivity contribution in [1.29, 1.82) is 0 Å². The van der Waals surface area contributed by atoms with Gasteiger partial charge >= 0.3 is 0 Å². The van der Waals surface area contributed by atoms with Crippen LogP contribution in [0.1, 0.15) is 29.5 Å². The maximum absolute atomic E-state index is 12.1. The van der Waals surface area contributed by atoms with Crippen LogP contribution in [0, 0.1) is 16.0 Å². The lowest BCUT2D eigenvalue weighted by atomic mass is 9.77. The molecule has 1 fully saturated rings. The van der Waals surface area contributed by atoms with E-state index in [9.17, 15) is 18.5 Å².